The van der Waals surface area contributed by atoms with Gasteiger partial charge in [-0.15, -0.1) is 0 Å². The molecule has 1 rings (SSSR count). The van der Waals surface area contributed by atoms with E-state index in [2.05, 4.69) is 5.10 Å². The lowest BCUT2D eigenvalue weighted by molar-refractivity contribution is -0.125. The zero-order valence-corrected chi connectivity index (χ0v) is 14.7. The van der Waals surface area contributed by atoms with E-state index in [0.29, 0.717) is 5.56 Å². The normalized spacial score (nSPS) is 10.5. The topological polar surface area (TPSA) is 49.7 Å². The highest BCUT2D eigenvalue weighted by Gasteiger charge is 2.26. The van der Waals surface area contributed by atoms with Crippen LogP contribution in [0.1, 0.15) is 67.6 Å². The quantitative estimate of drug-likeness (QED) is 0.360. The first kappa shape index (κ1) is 18.1. The van der Waals surface area contributed by atoms with E-state index in [1.54, 1.807) is 13.8 Å². The van der Waals surface area contributed by atoms with Gasteiger partial charge in [-0.05, 0) is 44.2 Å². The van der Waals surface area contributed by atoms with Crippen molar-refractivity contribution in [2.75, 3.05) is 7.05 Å². The Balaban J connectivity index is 3.38. The van der Waals surface area contributed by atoms with Crippen molar-refractivity contribution in [1.29, 1.82) is 0 Å². The molecule has 0 saturated heterocycles. The second kappa shape index (κ2) is 7.34. The third-order valence-electron chi connectivity index (χ3n) is 3.46. The van der Waals surface area contributed by atoms with Crippen molar-refractivity contribution in [3.05, 3.63) is 34.4 Å². The molecular weight excluding hydrogens is 276 g/mol. The highest BCUT2D eigenvalue weighted by atomic mass is 16.2. The van der Waals surface area contributed by atoms with Crippen LogP contribution < -0.4 is 0 Å². The average molecular weight is 302 g/mol. The molecule has 1 aromatic rings. The number of carbonyl (C=O) groups is 2. The lowest BCUT2D eigenvalue weighted by Crippen LogP contribution is -2.31. The molecule has 0 spiro atoms. The van der Waals surface area contributed by atoms with E-state index in [1.165, 1.54) is 7.05 Å². The molecule has 0 unspecified atom stereocenters. The summed E-state index contributed by atoms with van der Waals surface area (Å²) in [5.74, 6) is -0.895. The molecule has 0 aliphatic rings. The van der Waals surface area contributed by atoms with Gasteiger partial charge in [0.2, 0.25) is 0 Å². The molecule has 0 saturated carbocycles. The first-order valence-corrected chi connectivity index (χ1v) is 7.66. The minimum Gasteiger partial charge on any atom is -0.283 e. The number of aryl methyl sites for hydroxylation is 2. The van der Waals surface area contributed by atoms with E-state index in [9.17, 15) is 9.59 Å². The van der Waals surface area contributed by atoms with Gasteiger partial charge in [0, 0.05) is 18.3 Å². The summed E-state index contributed by atoms with van der Waals surface area (Å²) in [6.45, 7) is 11.7. The van der Waals surface area contributed by atoms with Crippen molar-refractivity contribution >= 4 is 17.4 Å². The molecule has 0 aromatic heterocycles. The summed E-state index contributed by atoms with van der Waals surface area (Å²) in [7, 11) is 1.52. The van der Waals surface area contributed by atoms with Crippen molar-refractivity contribution in [1.82, 2.24) is 5.01 Å². The second-order valence-corrected chi connectivity index (χ2v) is 6.10. The van der Waals surface area contributed by atoms with Gasteiger partial charge < -0.3 is 0 Å². The van der Waals surface area contributed by atoms with Crippen LogP contribution in [0.15, 0.2) is 17.2 Å². The maximum absolute atomic E-state index is 12.7. The largest absolute Gasteiger partial charge is 0.314 e. The van der Waals surface area contributed by atoms with Crippen molar-refractivity contribution in [2.45, 2.75) is 53.9 Å². The minimum atomic E-state index is -0.596. The Labute approximate surface area is 133 Å². The van der Waals surface area contributed by atoms with Gasteiger partial charge in [0.05, 0.1) is 0 Å². The van der Waals surface area contributed by atoms with Crippen molar-refractivity contribution in [3.8, 4) is 0 Å². The van der Waals surface area contributed by atoms with Crippen molar-refractivity contribution in [3.63, 3.8) is 0 Å². The van der Waals surface area contributed by atoms with Crippen molar-refractivity contribution < 1.29 is 9.59 Å². The molecule has 4 nitrogen and oxygen atoms in total. The van der Waals surface area contributed by atoms with E-state index in [0.717, 1.165) is 33.8 Å². The van der Waals surface area contributed by atoms with Gasteiger partial charge in [-0.1, -0.05) is 38.5 Å². The Morgan fingerprint density at radius 2 is 1.82 bits per heavy atom. The van der Waals surface area contributed by atoms with Crippen LogP contribution in [0.3, 0.4) is 0 Å². The Hall–Kier alpha value is -1.97. The molecule has 0 N–H and O–H groups in total. The number of nitrogens with zero attached hydrogens (tertiary/aromatic N) is 2. The van der Waals surface area contributed by atoms with Crippen LogP contribution in [0.25, 0.3) is 0 Å². The van der Waals surface area contributed by atoms with Gasteiger partial charge >= 0.3 is 5.91 Å². The predicted molar refractivity (Wildman–Crippen MR) is 90.5 cm³/mol. The molecule has 0 radical (unpaired) electrons. The van der Waals surface area contributed by atoms with Crippen molar-refractivity contribution in [2.24, 2.45) is 5.10 Å². The van der Waals surface area contributed by atoms with Crippen LogP contribution in [0, 0.1) is 6.92 Å². The predicted octanol–water partition coefficient (Wildman–Crippen LogP) is 3.72. The van der Waals surface area contributed by atoms with Crippen LogP contribution in [0.5, 0.6) is 0 Å². The van der Waals surface area contributed by atoms with Gasteiger partial charge in [0.25, 0.3) is 5.78 Å². The van der Waals surface area contributed by atoms with Gasteiger partial charge in [0.1, 0.15) is 0 Å². The van der Waals surface area contributed by atoms with E-state index in [1.807, 2.05) is 39.8 Å². The molecule has 0 bridgehead atoms. The molecule has 0 fully saturated rings. The van der Waals surface area contributed by atoms with Gasteiger partial charge in [-0.25, -0.2) is 5.01 Å². The Bertz CT molecular complexity index is 612. The summed E-state index contributed by atoms with van der Waals surface area (Å²) >= 11 is 0. The lowest BCUT2D eigenvalue weighted by Gasteiger charge is -2.18. The van der Waals surface area contributed by atoms with E-state index in [-0.39, 0.29) is 5.92 Å². The number of benzene rings is 1. The number of carbonyl (C=O) groups excluding carboxylic acids is 2. The van der Waals surface area contributed by atoms with Gasteiger partial charge in [-0.3, -0.25) is 9.59 Å². The number of Topliss-reactive ketones (excluding diaryl/α,β-unsaturated/α-hetero) is 1. The molecule has 0 aliphatic carbocycles. The molecule has 4 heteroatoms. The summed E-state index contributed by atoms with van der Waals surface area (Å²) in [6.07, 6.45) is 0.718. The Morgan fingerprint density at radius 3 is 2.27 bits per heavy atom. The summed E-state index contributed by atoms with van der Waals surface area (Å²) < 4.78 is 0. The number of hydrogen-bond donors (Lipinski definition) is 0. The molecule has 0 atom stereocenters. The van der Waals surface area contributed by atoms with E-state index in [4.69, 9.17) is 0 Å². The molecule has 120 valence electrons. The Morgan fingerprint density at radius 1 is 1.23 bits per heavy atom. The summed E-state index contributed by atoms with van der Waals surface area (Å²) in [6, 6.07) is 3.99. The van der Waals surface area contributed by atoms with Crippen LogP contribution >= 0.6 is 0 Å². The first-order chi connectivity index (χ1) is 10.2. The number of likely N-dealkylation sites (N-methyl/N-ethyl adjacent to an activating group) is 1. The van der Waals surface area contributed by atoms with E-state index >= 15 is 0 Å². The van der Waals surface area contributed by atoms with Crippen LogP contribution in [0.4, 0.5) is 0 Å². The smallest absolute Gasteiger partial charge is 0.283 e. The number of hydrogen-bond acceptors (Lipinski definition) is 3. The zero-order chi connectivity index (χ0) is 17.0. The fourth-order valence-electron chi connectivity index (χ4n) is 2.50. The molecule has 1 aromatic carbocycles. The van der Waals surface area contributed by atoms with Crippen LogP contribution in [-0.2, 0) is 11.2 Å². The fourth-order valence-corrected chi connectivity index (χ4v) is 2.50. The number of hydrazone groups is 1. The van der Waals surface area contributed by atoms with E-state index < -0.39 is 11.7 Å². The molecular formula is C18H26N2O2. The maximum Gasteiger partial charge on any atom is 0.314 e. The second-order valence-electron chi connectivity index (χ2n) is 6.10. The first-order valence-electron chi connectivity index (χ1n) is 7.66. The minimum absolute atomic E-state index is 0.179. The van der Waals surface area contributed by atoms with Gasteiger partial charge in [-0.2, -0.15) is 5.10 Å². The third-order valence-corrected chi connectivity index (χ3v) is 3.46. The highest BCUT2D eigenvalue weighted by molar-refractivity contribution is 6.43. The number of rotatable bonds is 5. The summed E-state index contributed by atoms with van der Waals surface area (Å²) in [4.78, 5) is 25.1. The Kier molecular flexibility index (Phi) is 6.03. The average Bonchev–Trinajstić information content (AvgIpc) is 2.43. The third kappa shape index (κ3) is 4.03. The lowest BCUT2D eigenvalue weighted by atomic mass is 9.88. The van der Waals surface area contributed by atoms with Crippen LogP contribution in [0.2, 0.25) is 0 Å². The molecule has 0 heterocycles. The molecule has 0 aliphatic heterocycles. The summed E-state index contributed by atoms with van der Waals surface area (Å²) in [5.41, 5.74) is 4.24. The molecule has 1 amide bonds. The monoisotopic (exact) mass is 302 g/mol. The zero-order valence-electron chi connectivity index (χ0n) is 14.7. The molecule has 22 heavy (non-hydrogen) atoms. The fraction of sp³-hybridized carbons (Fsp3) is 0.500. The SMILES string of the molecule is CCc1cc(C)cc(C(C)C)c1C(=O)C(=O)N(C)N=C(C)C. The number of ketones is 1. The summed E-state index contributed by atoms with van der Waals surface area (Å²) in [5, 5.41) is 5.18. The highest BCUT2D eigenvalue weighted by Crippen LogP contribution is 2.26. The standard InChI is InChI=1S/C18H26N2O2/c1-8-14-9-13(6)10-15(11(2)3)16(14)17(21)18(22)20(7)19-12(4)5/h9-11H,8H2,1-7H3. The maximum atomic E-state index is 12.7. The van der Waals surface area contributed by atoms with Gasteiger partial charge in [0.15, 0.2) is 0 Å². The van der Waals surface area contributed by atoms with Crippen LogP contribution in [-0.4, -0.2) is 29.5 Å². The number of amides is 1.